The van der Waals surface area contributed by atoms with Crippen LogP contribution in [0.5, 0.6) is 0 Å². The van der Waals surface area contributed by atoms with Crippen LogP contribution in [0.2, 0.25) is 0 Å². The molecule has 5 nitrogen and oxygen atoms in total. The Labute approximate surface area is 196 Å². The zero-order valence-electron chi connectivity index (χ0n) is 20.0. The molecular formula is C28H37NO4. The van der Waals surface area contributed by atoms with E-state index in [0.29, 0.717) is 12.8 Å². The number of carbonyl (C=O) groups excluding carboxylic acids is 1. The molecule has 1 spiro atoms. The average molecular weight is 452 g/mol. The summed E-state index contributed by atoms with van der Waals surface area (Å²) in [5.74, 6) is -0.879. The van der Waals surface area contributed by atoms with E-state index in [1.165, 1.54) is 0 Å². The van der Waals surface area contributed by atoms with Gasteiger partial charge in [0, 0.05) is 17.9 Å². The predicted molar refractivity (Wildman–Crippen MR) is 129 cm³/mol. The SMILES string of the molecule is CC1=C(C)[C@H]2[C@H](Cc3ccccc3)NC(=O)[C@]23[C@H](O)/C=C/[C@](C)(O)CC(C)C/C=C/[C@H]3[C@@H]1O. The maximum absolute atomic E-state index is 13.8. The summed E-state index contributed by atoms with van der Waals surface area (Å²) in [5, 5.41) is 37.0. The molecule has 0 aromatic heterocycles. The molecule has 4 rings (SSSR count). The average Bonchev–Trinajstić information content (AvgIpc) is 3.04. The largest absolute Gasteiger partial charge is 0.388 e. The summed E-state index contributed by atoms with van der Waals surface area (Å²) < 4.78 is 0. The Hall–Kier alpha value is -2.21. The molecule has 3 aliphatic rings. The number of hydrogen-bond donors (Lipinski definition) is 4. The first-order chi connectivity index (χ1) is 15.6. The molecule has 0 bridgehead atoms. The molecule has 0 saturated carbocycles. The molecular weight excluding hydrogens is 414 g/mol. The Morgan fingerprint density at radius 1 is 1.09 bits per heavy atom. The minimum absolute atomic E-state index is 0.203. The molecule has 33 heavy (non-hydrogen) atoms. The van der Waals surface area contributed by atoms with Crippen molar-refractivity contribution >= 4 is 5.91 Å². The van der Waals surface area contributed by atoms with Crippen LogP contribution in [-0.2, 0) is 11.2 Å². The van der Waals surface area contributed by atoms with Crippen molar-refractivity contribution in [3.05, 3.63) is 71.3 Å². The molecule has 1 aromatic carbocycles. The minimum Gasteiger partial charge on any atom is -0.388 e. The van der Waals surface area contributed by atoms with Crippen LogP contribution in [0.4, 0.5) is 0 Å². The summed E-state index contributed by atoms with van der Waals surface area (Å²) in [7, 11) is 0. The third-order valence-electron chi connectivity index (χ3n) is 8.12. The fourth-order valence-electron chi connectivity index (χ4n) is 6.47. The Morgan fingerprint density at radius 3 is 2.48 bits per heavy atom. The van der Waals surface area contributed by atoms with Crippen molar-refractivity contribution in [1.82, 2.24) is 5.32 Å². The third-order valence-corrected chi connectivity index (χ3v) is 8.12. The van der Waals surface area contributed by atoms with Gasteiger partial charge in [0.05, 0.1) is 23.2 Å². The lowest BCUT2D eigenvalue weighted by Crippen LogP contribution is -2.57. The van der Waals surface area contributed by atoms with E-state index in [9.17, 15) is 20.1 Å². The number of nitrogens with one attached hydrogen (secondary N) is 1. The Balaban J connectivity index is 1.87. The highest BCUT2D eigenvalue weighted by Gasteiger charge is 2.65. The van der Waals surface area contributed by atoms with Gasteiger partial charge in [-0.05, 0) is 57.1 Å². The number of carbonyl (C=O) groups is 1. The zero-order chi connectivity index (χ0) is 24.0. The van der Waals surface area contributed by atoms with E-state index < -0.39 is 29.1 Å². The summed E-state index contributed by atoms with van der Waals surface area (Å²) in [5.41, 5.74) is 0.591. The van der Waals surface area contributed by atoms with Gasteiger partial charge in [0.15, 0.2) is 0 Å². The second-order valence-electron chi connectivity index (χ2n) is 10.7. The quantitative estimate of drug-likeness (QED) is 0.520. The number of hydrogen-bond acceptors (Lipinski definition) is 4. The fraction of sp³-hybridized carbons (Fsp3) is 0.536. The van der Waals surface area contributed by atoms with Crippen molar-refractivity contribution in [2.45, 2.75) is 70.8 Å². The number of aliphatic hydroxyl groups excluding tert-OH is 2. The predicted octanol–water partition coefficient (Wildman–Crippen LogP) is 3.31. The normalized spacial score (nSPS) is 43.2. The maximum Gasteiger partial charge on any atom is 0.230 e. The second kappa shape index (κ2) is 8.86. The monoisotopic (exact) mass is 451 g/mol. The van der Waals surface area contributed by atoms with Crippen LogP contribution in [0.1, 0.15) is 46.1 Å². The number of allylic oxidation sites excluding steroid dienone is 1. The van der Waals surface area contributed by atoms with Crippen molar-refractivity contribution in [2.75, 3.05) is 0 Å². The van der Waals surface area contributed by atoms with Gasteiger partial charge in [0.2, 0.25) is 5.91 Å². The van der Waals surface area contributed by atoms with Gasteiger partial charge in [-0.25, -0.2) is 0 Å². The van der Waals surface area contributed by atoms with Gasteiger partial charge in [-0.1, -0.05) is 67.1 Å². The van der Waals surface area contributed by atoms with Gasteiger partial charge in [-0.2, -0.15) is 0 Å². The van der Waals surface area contributed by atoms with Crippen LogP contribution in [0.15, 0.2) is 65.8 Å². The molecule has 1 saturated heterocycles. The molecule has 1 aliphatic heterocycles. The van der Waals surface area contributed by atoms with Crippen LogP contribution in [0.3, 0.4) is 0 Å². The second-order valence-corrected chi connectivity index (χ2v) is 10.7. The first kappa shape index (κ1) is 23.9. The fourth-order valence-corrected chi connectivity index (χ4v) is 6.47. The van der Waals surface area contributed by atoms with Crippen molar-refractivity contribution in [3.63, 3.8) is 0 Å². The van der Waals surface area contributed by atoms with Crippen LogP contribution >= 0.6 is 0 Å². The summed E-state index contributed by atoms with van der Waals surface area (Å²) >= 11 is 0. The van der Waals surface area contributed by atoms with Gasteiger partial charge in [0.1, 0.15) is 0 Å². The first-order valence-corrected chi connectivity index (χ1v) is 12.0. The molecule has 4 N–H and O–H groups in total. The molecule has 1 aromatic rings. The Morgan fingerprint density at radius 2 is 1.79 bits per heavy atom. The van der Waals surface area contributed by atoms with Crippen LogP contribution in [0.25, 0.3) is 0 Å². The molecule has 1 unspecified atom stereocenters. The molecule has 1 amide bonds. The molecule has 1 heterocycles. The van der Waals surface area contributed by atoms with Crippen LogP contribution in [0, 0.1) is 23.2 Å². The van der Waals surface area contributed by atoms with Gasteiger partial charge in [0.25, 0.3) is 0 Å². The van der Waals surface area contributed by atoms with E-state index in [1.54, 1.807) is 19.1 Å². The summed E-state index contributed by atoms with van der Waals surface area (Å²) in [4.78, 5) is 13.8. The van der Waals surface area contributed by atoms with Gasteiger partial charge >= 0.3 is 0 Å². The van der Waals surface area contributed by atoms with Gasteiger partial charge in [-0.15, -0.1) is 0 Å². The standard InChI is InChI=1S/C28H37NO4/c1-17-9-8-12-21-25(31)19(3)18(2)24-22(15-20-10-6-5-7-11-20)29-26(32)28(21,24)23(30)13-14-27(4,33)16-17/h5-8,10-14,17,21-25,30-31,33H,9,15-16H2,1-4H3,(H,29,32)/b12-8+,14-13+/t17?,21-,22-,23+,24-,25+,27-,28+/m0/s1. The maximum atomic E-state index is 13.8. The summed E-state index contributed by atoms with van der Waals surface area (Å²) in [6, 6.07) is 9.83. The topological polar surface area (TPSA) is 89.8 Å². The molecule has 2 aliphatic carbocycles. The molecule has 5 heteroatoms. The zero-order valence-corrected chi connectivity index (χ0v) is 20.0. The number of amides is 1. The van der Waals surface area contributed by atoms with E-state index in [2.05, 4.69) is 12.2 Å². The van der Waals surface area contributed by atoms with Crippen molar-refractivity contribution in [3.8, 4) is 0 Å². The lowest BCUT2D eigenvalue weighted by atomic mass is 9.54. The Bertz CT molecular complexity index is 979. The van der Waals surface area contributed by atoms with E-state index in [0.717, 1.165) is 23.1 Å². The van der Waals surface area contributed by atoms with E-state index in [1.807, 2.05) is 56.3 Å². The van der Waals surface area contributed by atoms with Gasteiger partial charge in [-0.3, -0.25) is 4.79 Å². The number of rotatable bonds is 2. The highest BCUT2D eigenvalue weighted by atomic mass is 16.3. The van der Waals surface area contributed by atoms with Crippen molar-refractivity contribution in [2.24, 2.45) is 23.2 Å². The minimum atomic E-state index is -1.25. The number of benzene rings is 1. The van der Waals surface area contributed by atoms with Crippen LogP contribution < -0.4 is 5.32 Å². The van der Waals surface area contributed by atoms with E-state index >= 15 is 0 Å². The summed E-state index contributed by atoms with van der Waals surface area (Å²) in [6.45, 7) is 7.72. The molecule has 8 atom stereocenters. The van der Waals surface area contributed by atoms with E-state index in [-0.39, 0.29) is 23.8 Å². The lowest BCUT2D eigenvalue weighted by molar-refractivity contribution is -0.141. The molecule has 178 valence electrons. The van der Waals surface area contributed by atoms with Gasteiger partial charge < -0.3 is 20.6 Å². The molecule has 1 fully saturated rings. The van der Waals surface area contributed by atoms with Crippen molar-refractivity contribution in [1.29, 1.82) is 0 Å². The first-order valence-electron chi connectivity index (χ1n) is 12.0. The smallest absolute Gasteiger partial charge is 0.230 e. The lowest BCUT2D eigenvalue weighted by Gasteiger charge is -2.49. The summed E-state index contributed by atoms with van der Waals surface area (Å²) in [6.07, 6.45) is 7.05. The number of aliphatic hydroxyl groups is 3. The highest BCUT2D eigenvalue weighted by molar-refractivity contribution is 5.89. The van der Waals surface area contributed by atoms with E-state index in [4.69, 9.17) is 0 Å². The van der Waals surface area contributed by atoms with Crippen LogP contribution in [-0.4, -0.2) is 45.1 Å². The molecule has 0 radical (unpaired) electrons. The third kappa shape index (κ3) is 4.11. The Kier molecular flexibility index (Phi) is 6.43. The highest BCUT2D eigenvalue weighted by Crippen LogP contribution is 2.56. The van der Waals surface area contributed by atoms with Crippen molar-refractivity contribution < 1.29 is 20.1 Å².